The molecule has 6 heterocycles. The first-order chi connectivity index (χ1) is 25.8. The van der Waals surface area contributed by atoms with Gasteiger partial charge in [-0.3, -0.25) is 9.97 Å². The molecular weight excluding hydrogens is 673 g/mol. The molecular formula is C46H28N4S2. The van der Waals surface area contributed by atoms with Crippen molar-refractivity contribution in [1.29, 1.82) is 0 Å². The number of para-hydroxylation sites is 2. The lowest BCUT2D eigenvalue weighted by molar-refractivity contribution is 0.838. The van der Waals surface area contributed by atoms with Crippen LogP contribution in [0.25, 0.3) is 91.6 Å². The number of benzene rings is 5. The monoisotopic (exact) mass is 700 g/mol. The van der Waals surface area contributed by atoms with E-state index in [4.69, 9.17) is 9.97 Å². The number of hydrogen-bond acceptors (Lipinski definition) is 4. The number of nitrogens with zero attached hydrogens (tertiary/aromatic N) is 4. The number of pyridine rings is 2. The highest BCUT2D eigenvalue weighted by molar-refractivity contribution is 7.25. The van der Waals surface area contributed by atoms with Crippen molar-refractivity contribution in [3.05, 3.63) is 162 Å². The highest BCUT2D eigenvalue weighted by Gasteiger charge is 2.23. The SMILES string of the molecule is C1=CC(c2ccc3sc4ccc(-n5c6ccccc6c6ncccc65)cc4c3c2)Cc2c1sc1ccc(-n3c4ccccc4c4ncccc43)cc21. The molecule has 1 unspecified atom stereocenters. The van der Waals surface area contributed by atoms with Gasteiger partial charge in [0.15, 0.2) is 0 Å². The van der Waals surface area contributed by atoms with E-state index in [2.05, 4.69) is 137 Å². The number of fused-ring (bicyclic) bond motifs is 12. The van der Waals surface area contributed by atoms with Crippen LogP contribution in [0.4, 0.5) is 0 Å². The van der Waals surface area contributed by atoms with E-state index in [9.17, 15) is 0 Å². The molecule has 0 fully saturated rings. The average molecular weight is 701 g/mol. The fraction of sp³-hybridized carbons (Fsp3) is 0.0435. The molecule has 1 atom stereocenters. The van der Waals surface area contributed by atoms with Crippen molar-refractivity contribution < 1.29 is 0 Å². The van der Waals surface area contributed by atoms with E-state index in [-0.39, 0.29) is 0 Å². The van der Waals surface area contributed by atoms with Crippen molar-refractivity contribution in [3.8, 4) is 11.4 Å². The van der Waals surface area contributed by atoms with Crippen LogP contribution in [-0.4, -0.2) is 19.1 Å². The van der Waals surface area contributed by atoms with E-state index in [0.29, 0.717) is 5.92 Å². The van der Waals surface area contributed by atoms with Gasteiger partial charge in [-0.05, 0) is 114 Å². The maximum absolute atomic E-state index is 4.77. The predicted molar refractivity (Wildman–Crippen MR) is 221 cm³/mol. The fourth-order valence-corrected chi connectivity index (χ4v) is 10.8. The van der Waals surface area contributed by atoms with Crippen LogP contribution in [0, 0.1) is 0 Å². The van der Waals surface area contributed by atoms with Gasteiger partial charge in [0.1, 0.15) is 0 Å². The van der Waals surface area contributed by atoms with Gasteiger partial charge in [-0.1, -0.05) is 48.5 Å². The van der Waals surface area contributed by atoms with E-state index < -0.39 is 0 Å². The first-order valence-corrected chi connectivity index (χ1v) is 19.3. The molecule has 0 saturated heterocycles. The maximum Gasteiger partial charge on any atom is 0.0963 e. The van der Waals surface area contributed by atoms with Crippen LogP contribution in [0.5, 0.6) is 0 Å². The fourth-order valence-electron chi connectivity index (χ4n) is 8.64. The van der Waals surface area contributed by atoms with Crippen LogP contribution in [0.2, 0.25) is 0 Å². The second kappa shape index (κ2) is 10.7. The normalized spacial score (nSPS) is 14.6. The Labute approximate surface area is 306 Å². The van der Waals surface area contributed by atoms with Crippen molar-refractivity contribution in [2.75, 3.05) is 0 Å². The second-order valence-corrected chi connectivity index (χ2v) is 15.9. The smallest absolute Gasteiger partial charge is 0.0963 e. The first-order valence-electron chi connectivity index (χ1n) is 17.7. The summed E-state index contributed by atoms with van der Waals surface area (Å²) in [6.07, 6.45) is 9.55. The summed E-state index contributed by atoms with van der Waals surface area (Å²) < 4.78 is 8.71. The summed E-state index contributed by atoms with van der Waals surface area (Å²) in [5.74, 6) is 0.303. The molecule has 1 aliphatic rings. The Hall–Kier alpha value is -6.08. The second-order valence-electron chi connectivity index (χ2n) is 13.8. The summed E-state index contributed by atoms with van der Waals surface area (Å²) in [4.78, 5) is 10.9. The Morgan fingerprint density at radius 2 is 1.06 bits per heavy atom. The number of hydrogen-bond donors (Lipinski definition) is 0. The molecule has 11 aromatic rings. The molecule has 0 bridgehead atoms. The lowest BCUT2D eigenvalue weighted by Gasteiger charge is -2.18. The van der Waals surface area contributed by atoms with Gasteiger partial charge >= 0.3 is 0 Å². The minimum Gasteiger partial charge on any atom is -0.308 e. The van der Waals surface area contributed by atoms with E-state index in [1.165, 1.54) is 79.4 Å². The summed E-state index contributed by atoms with van der Waals surface area (Å²) in [5, 5.41) is 6.35. The minimum atomic E-state index is 0.303. The molecule has 0 aliphatic heterocycles. The predicted octanol–water partition coefficient (Wildman–Crippen LogP) is 12.6. The Bertz CT molecular complexity index is 3190. The molecule has 6 aromatic heterocycles. The average Bonchev–Trinajstić information content (AvgIpc) is 3.94. The Morgan fingerprint density at radius 1 is 0.500 bits per heavy atom. The van der Waals surface area contributed by atoms with Gasteiger partial charge in [0.25, 0.3) is 0 Å². The molecule has 0 amide bonds. The molecule has 0 saturated carbocycles. The van der Waals surface area contributed by atoms with Gasteiger partial charge < -0.3 is 9.13 Å². The Kier molecular flexibility index (Phi) is 5.89. The quantitative estimate of drug-likeness (QED) is 0.184. The summed E-state index contributed by atoms with van der Waals surface area (Å²) >= 11 is 3.78. The van der Waals surface area contributed by atoms with Crippen LogP contribution >= 0.6 is 22.7 Å². The number of allylic oxidation sites excluding steroid dienone is 1. The van der Waals surface area contributed by atoms with E-state index >= 15 is 0 Å². The van der Waals surface area contributed by atoms with Crippen molar-refractivity contribution in [1.82, 2.24) is 19.1 Å². The zero-order valence-corrected chi connectivity index (χ0v) is 29.5. The lowest BCUT2D eigenvalue weighted by Crippen LogP contribution is -2.04. The van der Waals surface area contributed by atoms with Crippen LogP contribution < -0.4 is 0 Å². The van der Waals surface area contributed by atoms with E-state index in [1.54, 1.807) is 0 Å². The third kappa shape index (κ3) is 4.02. The van der Waals surface area contributed by atoms with Crippen molar-refractivity contribution in [2.45, 2.75) is 12.3 Å². The lowest BCUT2D eigenvalue weighted by atomic mass is 9.86. The molecule has 52 heavy (non-hydrogen) atoms. The third-order valence-electron chi connectivity index (χ3n) is 11.0. The zero-order valence-electron chi connectivity index (χ0n) is 27.8. The zero-order chi connectivity index (χ0) is 33.9. The highest BCUT2D eigenvalue weighted by atomic mass is 32.1. The van der Waals surface area contributed by atoms with E-state index in [1.807, 2.05) is 47.2 Å². The molecule has 0 radical (unpaired) electrons. The van der Waals surface area contributed by atoms with Gasteiger partial charge in [0.2, 0.25) is 0 Å². The van der Waals surface area contributed by atoms with Crippen molar-refractivity contribution in [2.24, 2.45) is 0 Å². The largest absolute Gasteiger partial charge is 0.308 e. The molecule has 12 rings (SSSR count). The first kappa shape index (κ1) is 28.6. The van der Waals surface area contributed by atoms with Crippen LogP contribution in [-0.2, 0) is 6.42 Å². The van der Waals surface area contributed by atoms with Crippen molar-refractivity contribution >= 4 is 103 Å². The molecule has 0 N–H and O–H groups in total. The van der Waals surface area contributed by atoms with Gasteiger partial charge in [-0.2, -0.15) is 0 Å². The van der Waals surface area contributed by atoms with Gasteiger partial charge in [-0.25, -0.2) is 0 Å². The Balaban J connectivity index is 0.961. The molecule has 4 nitrogen and oxygen atoms in total. The third-order valence-corrected chi connectivity index (χ3v) is 13.3. The van der Waals surface area contributed by atoms with Gasteiger partial charge in [0.05, 0.1) is 33.1 Å². The molecule has 5 aromatic carbocycles. The summed E-state index contributed by atoms with van der Waals surface area (Å²) in [7, 11) is 0. The van der Waals surface area contributed by atoms with Gasteiger partial charge in [-0.15, -0.1) is 22.7 Å². The van der Waals surface area contributed by atoms with Gasteiger partial charge in [0, 0.05) is 70.2 Å². The maximum atomic E-state index is 4.77. The number of thiophene rings is 2. The topological polar surface area (TPSA) is 35.6 Å². The Morgan fingerprint density at radius 3 is 1.73 bits per heavy atom. The summed E-state index contributed by atoms with van der Waals surface area (Å²) in [5.41, 5.74) is 11.9. The summed E-state index contributed by atoms with van der Waals surface area (Å²) in [6, 6.07) is 46.7. The van der Waals surface area contributed by atoms with Crippen LogP contribution in [0.1, 0.15) is 21.9 Å². The van der Waals surface area contributed by atoms with Crippen molar-refractivity contribution in [3.63, 3.8) is 0 Å². The van der Waals surface area contributed by atoms with Crippen LogP contribution in [0.15, 0.2) is 146 Å². The molecule has 1 aliphatic carbocycles. The number of aromatic nitrogens is 4. The number of rotatable bonds is 3. The summed E-state index contributed by atoms with van der Waals surface area (Å²) in [6.45, 7) is 0. The molecule has 0 spiro atoms. The molecule has 6 heteroatoms. The van der Waals surface area contributed by atoms with Crippen LogP contribution in [0.3, 0.4) is 0 Å². The highest BCUT2D eigenvalue weighted by Crippen LogP contribution is 2.44. The standard InChI is InChI=1S/C46H28N4S2/c1-3-9-37-31(7-1)45-39(11-5-21-47-45)49(37)29-15-19-43-35(25-29)33-23-27(13-17-41(33)51-43)28-14-18-42-34(24-28)36-26-30(16-20-44(36)52-42)50-38-10-4-2-8-32(38)46-40(50)12-6-22-48-46/h1-23,25-26,28H,24H2. The molecule has 244 valence electrons. The van der Waals surface area contributed by atoms with E-state index in [0.717, 1.165) is 28.5 Å². The minimum absolute atomic E-state index is 0.303.